The number of furan rings is 1. The van der Waals surface area contributed by atoms with Gasteiger partial charge in [0, 0.05) is 12.7 Å². The highest BCUT2D eigenvalue weighted by Crippen LogP contribution is 2.21. The number of carbonyl (C=O) groups excluding carboxylic acids is 3. The summed E-state index contributed by atoms with van der Waals surface area (Å²) in [7, 11) is 1.49. The average molecular weight is 357 g/mol. The summed E-state index contributed by atoms with van der Waals surface area (Å²) >= 11 is 0. The van der Waals surface area contributed by atoms with Crippen molar-refractivity contribution in [3.8, 4) is 0 Å². The summed E-state index contributed by atoms with van der Waals surface area (Å²) in [4.78, 5) is 37.3. The molecule has 1 aromatic carbocycles. The zero-order chi connectivity index (χ0) is 19.3. The van der Waals surface area contributed by atoms with E-state index in [-0.39, 0.29) is 24.8 Å². The fraction of sp³-hybridized carbons (Fsp3) is 0.316. The molecule has 0 bridgehead atoms. The van der Waals surface area contributed by atoms with Crippen LogP contribution in [0, 0.1) is 20.8 Å². The van der Waals surface area contributed by atoms with E-state index in [4.69, 9.17) is 4.42 Å². The predicted molar refractivity (Wildman–Crippen MR) is 98.0 cm³/mol. The molecule has 138 valence electrons. The molecule has 0 aliphatic heterocycles. The molecule has 1 aromatic heterocycles. The molecule has 2 N–H and O–H groups in total. The largest absolute Gasteiger partial charge is 0.459 e. The number of nitrogens with zero attached hydrogens (tertiary/aromatic N) is 1. The summed E-state index contributed by atoms with van der Waals surface area (Å²) in [6.07, 6.45) is 1.39. The van der Waals surface area contributed by atoms with E-state index in [9.17, 15) is 14.4 Å². The van der Waals surface area contributed by atoms with E-state index in [1.165, 1.54) is 24.3 Å². The molecule has 0 saturated carbocycles. The lowest BCUT2D eigenvalue weighted by Crippen LogP contribution is -2.41. The van der Waals surface area contributed by atoms with Gasteiger partial charge in [-0.3, -0.25) is 14.4 Å². The minimum Gasteiger partial charge on any atom is -0.459 e. The third-order valence-corrected chi connectivity index (χ3v) is 3.85. The molecule has 0 radical (unpaired) electrons. The average Bonchev–Trinajstić information content (AvgIpc) is 3.10. The van der Waals surface area contributed by atoms with Crippen molar-refractivity contribution in [1.29, 1.82) is 0 Å². The smallest absolute Gasteiger partial charge is 0.289 e. The first-order chi connectivity index (χ1) is 12.3. The molecular weight excluding hydrogens is 334 g/mol. The summed E-state index contributed by atoms with van der Waals surface area (Å²) in [5.74, 6) is -1.00. The molecule has 7 heteroatoms. The van der Waals surface area contributed by atoms with Gasteiger partial charge < -0.3 is 20.0 Å². The second kappa shape index (κ2) is 8.33. The fourth-order valence-corrected chi connectivity index (χ4v) is 2.67. The summed E-state index contributed by atoms with van der Waals surface area (Å²) in [5, 5.41) is 5.32. The molecular formula is C19H23N3O4. The number of hydrogen-bond donors (Lipinski definition) is 2. The van der Waals surface area contributed by atoms with E-state index in [1.807, 2.05) is 32.9 Å². The van der Waals surface area contributed by atoms with Crippen LogP contribution in [0.15, 0.2) is 34.9 Å². The van der Waals surface area contributed by atoms with E-state index in [2.05, 4.69) is 10.6 Å². The van der Waals surface area contributed by atoms with Crippen LogP contribution in [0.25, 0.3) is 0 Å². The Morgan fingerprint density at radius 2 is 1.73 bits per heavy atom. The Bertz CT molecular complexity index is 789. The van der Waals surface area contributed by atoms with Gasteiger partial charge in [0.2, 0.25) is 11.8 Å². The van der Waals surface area contributed by atoms with Crippen molar-refractivity contribution in [3.05, 3.63) is 53.0 Å². The molecule has 0 unspecified atom stereocenters. The zero-order valence-electron chi connectivity index (χ0n) is 15.4. The quantitative estimate of drug-likeness (QED) is 0.827. The maximum absolute atomic E-state index is 12.1. The Morgan fingerprint density at radius 1 is 1.08 bits per heavy atom. The second-order valence-electron chi connectivity index (χ2n) is 6.24. The molecule has 3 amide bonds. The topological polar surface area (TPSA) is 91.7 Å². The zero-order valence-corrected chi connectivity index (χ0v) is 15.4. The molecule has 0 atom stereocenters. The Labute approximate surface area is 152 Å². The Morgan fingerprint density at radius 3 is 2.31 bits per heavy atom. The summed E-state index contributed by atoms with van der Waals surface area (Å²) in [6.45, 7) is 5.49. The summed E-state index contributed by atoms with van der Waals surface area (Å²) in [6, 6.07) is 7.09. The molecule has 0 aliphatic rings. The lowest BCUT2D eigenvalue weighted by Gasteiger charge is -2.16. The number of amides is 3. The van der Waals surface area contributed by atoms with Crippen LogP contribution in [0.2, 0.25) is 0 Å². The molecule has 0 aliphatic carbocycles. The van der Waals surface area contributed by atoms with E-state index >= 15 is 0 Å². The maximum atomic E-state index is 12.1. The number of benzene rings is 1. The lowest BCUT2D eigenvalue weighted by atomic mass is 10.1. The van der Waals surface area contributed by atoms with Gasteiger partial charge in [0.25, 0.3) is 5.91 Å². The van der Waals surface area contributed by atoms with Crippen molar-refractivity contribution in [2.45, 2.75) is 20.8 Å². The van der Waals surface area contributed by atoms with Crippen LogP contribution in [-0.2, 0) is 9.59 Å². The van der Waals surface area contributed by atoms with Gasteiger partial charge in [-0.15, -0.1) is 0 Å². The third-order valence-electron chi connectivity index (χ3n) is 3.85. The second-order valence-corrected chi connectivity index (χ2v) is 6.24. The number of rotatable bonds is 6. The van der Waals surface area contributed by atoms with Crippen molar-refractivity contribution < 1.29 is 18.8 Å². The minimum atomic E-state index is -0.431. The number of nitrogens with one attached hydrogen (secondary N) is 2. The van der Waals surface area contributed by atoms with Crippen LogP contribution >= 0.6 is 0 Å². The van der Waals surface area contributed by atoms with Crippen LogP contribution in [0.1, 0.15) is 27.2 Å². The van der Waals surface area contributed by atoms with Crippen LogP contribution in [0.4, 0.5) is 5.69 Å². The van der Waals surface area contributed by atoms with Crippen LogP contribution in [-0.4, -0.2) is 42.8 Å². The molecule has 7 nitrogen and oxygen atoms in total. The van der Waals surface area contributed by atoms with E-state index in [1.54, 1.807) is 6.07 Å². The van der Waals surface area contributed by atoms with E-state index in [0.717, 1.165) is 22.4 Å². The SMILES string of the molecule is Cc1cc(C)c(NC(=O)CNC(=O)CN(C)C(=O)c2ccco2)c(C)c1. The normalized spacial score (nSPS) is 10.3. The first kappa shape index (κ1) is 19.2. The number of carbonyl (C=O) groups is 3. The highest BCUT2D eigenvalue weighted by Gasteiger charge is 2.17. The molecule has 0 saturated heterocycles. The maximum Gasteiger partial charge on any atom is 0.289 e. The Balaban J connectivity index is 1.84. The van der Waals surface area contributed by atoms with Crippen molar-refractivity contribution >= 4 is 23.4 Å². The molecule has 0 spiro atoms. The highest BCUT2D eigenvalue weighted by molar-refractivity contribution is 5.97. The van der Waals surface area contributed by atoms with Gasteiger partial charge in [-0.2, -0.15) is 0 Å². The minimum absolute atomic E-state index is 0.156. The standard InChI is InChI=1S/C19H23N3O4/c1-12-8-13(2)18(14(3)9-12)21-16(23)10-20-17(24)11-22(4)19(25)15-6-5-7-26-15/h5-9H,10-11H2,1-4H3,(H,20,24)(H,21,23). The van der Waals surface area contributed by atoms with E-state index < -0.39 is 11.8 Å². The van der Waals surface area contributed by atoms with Gasteiger partial charge in [-0.25, -0.2) is 0 Å². The molecule has 26 heavy (non-hydrogen) atoms. The van der Waals surface area contributed by atoms with Crippen molar-refractivity contribution in [2.24, 2.45) is 0 Å². The van der Waals surface area contributed by atoms with Crippen LogP contribution in [0.5, 0.6) is 0 Å². The highest BCUT2D eigenvalue weighted by atomic mass is 16.3. The van der Waals surface area contributed by atoms with Crippen LogP contribution < -0.4 is 10.6 Å². The first-order valence-corrected chi connectivity index (χ1v) is 8.21. The fourth-order valence-electron chi connectivity index (χ4n) is 2.67. The van der Waals surface area contributed by atoms with Crippen LogP contribution in [0.3, 0.4) is 0 Å². The van der Waals surface area contributed by atoms with E-state index in [0.29, 0.717) is 0 Å². The van der Waals surface area contributed by atoms with Crippen molar-refractivity contribution in [1.82, 2.24) is 10.2 Å². The summed E-state index contributed by atoms with van der Waals surface area (Å²) in [5.41, 5.74) is 3.80. The Hall–Kier alpha value is -3.09. The monoisotopic (exact) mass is 357 g/mol. The van der Waals surface area contributed by atoms with Crippen molar-refractivity contribution in [3.63, 3.8) is 0 Å². The summed E-state index contributed by atoms with van der Waals surface area (Å²) < 4.78 is 5.01. The predicted octanol–water partition coefficient (Wildman–Crippen LogP) is 2.03. The Kier molecular flexibility index (Phi) is 6.16. The van der Waals surface area contributed by atoms with Gasteiger partial charge in [-0.05, 0) is 44.0 Å². The van der Waals surface area contributed by atoms with Gasteiger partial charge in [0.1, 0.15) is 0 Å². The molecule has 2 rings (SSSR count). The van der Waals surface area contributed by atoms with Crippen molar-refractivity contribution in [2.75, 3.05) is 25.5 Å². The third kappa shape index (κ3) is 4.95. The van der Waals surface area contributed by atoms with Gasteiger partial charge in [0.15, 0.2) is 5.76 Å². The number of anilines is 1. The first-order valence-electron chi connectivity index (χ1n) is 8.21. The molecule has 2 aromatic rings. The molecule has 0 fully saturated rings. The lowest BCUT2D eigenvalue weighted by molar-refractivity contribution is -0.124. The number of hydrogen-bond acceptors (Lipinski definition) is 4. The van der Waals surface area contributed by atoms with Gasteiger partial charge in [-0.1, -0.05) is 17.7 Å². The molecule has 1 heterocycles. The number of likely N-dealkylation sites (N-methyl/N-ethyl adjacent to an activating group) is 1. The van der Waals surface area contributed by atoms with Gasteiger partial charge >= 0.3 is 0 Å². The number of aryl methyl sites for hydroxylation is 3. The van der Waals surface area contributed by atoms with Gasteiger partial charge in [0.05, 0.1) is 19.4 Å².